The van der Waals surface area contributed by atoms with E-state index in [2.05, 4.69) is 10.1 Å². The number of hydrogen-bond acceptors (Lipinski definition) is 4. The SMILES string of the molecule is Cc1nc(-c2ccco2)ccc1C(=O)N1CCC[C@@H]1Cn1cccn1. The van der Waals surface area contributed by atoms with Gasteiger partial charge in [0.1, 0.15) is 5.69 Å². The molecule has 1 aliphatic rings. The molecule has 4 heterocycles. The van der Waals surface area contributed by atoms with E-state index in [0.29, 0.717) is 11.3 Å². The zero-order valence-electron chi connectivity index (χ0n) is 14.1. The van der Waals surface area contributed by atoms with Crippen LogP contribution in [0.4, 0.5) is 0 Å². The molecule has 3 aromatic heterocycles. The van der Waals surface area contributed by atoms with E-state index in [-0.39, 0.29) is 11.9 Å². The molecule has 1 atom stereocenters. The lowest BCUT2D eigenvalue weighted by atomic mass is 10.1. The summed E-state index contributed by atoms with van der Waals surface area (Å²) in [5, 5.41) is 4.26. The second-order valence-corrected chi connectivity index (χ2v) is 6.33. The van der Waals surface area contributed by atoms with E-state index in [4.69, 9.17) is 4.42 Å². The van der Waals surface area contributed by atoms with Crippen molar-refractivity contribution in [1.82, 2.24) is 19.7 Å². The Kier molecular flexibility index (Phi) is 4.09. The van der Waals surface area contributed by atoms with Crippen molar-refractivity contribution in [2.45, 2.75) is 32.4 Å². The fourth-order valence-corrected chi connectivity index (χ4v) is 3.42. The van der Waals surface area contributed by atoms with Gasteiger partial charge in [-0.05, 0) is 50.1 Å². The molecular weight excluding hydrogens is 316 g/mol. The Bertz CT molecular complexity index is 856. The van der Waals surface area contributed by atoms with Crippen LogP contribution >= 0.6 is 0 Å². The minimum Gasteiger partial charge on any atom is -0.463 e. The van der Waals surface area contributed by atoms with Crippen molar-refractivity contribution in [3.63, 3.8) is 0 Å². The third-order valence-corrected chi connectivity index (χ3v) is 4.68. The van der Waals surface area contributed by atoms with Crippen molar-refractivity contribution in [3.8, 4) is 11.5 Å². The first-order valence-electron chi connectivity index (χ1n) is 8.52. The third-order valence-electron chi connectivity index (χ3n) is 4.68. The molecule has 128 valence electrons. The number of carbonyl (C=O) groups is 1. The monoisotopic (exact) mass is 336 g/mol. The molecule has 3 aromatic rings. The maximum atomic E-state index is 13.0. The highest BCUT2D eigenvalue weighted by Gasteiger charge is 2.30. The van der Waals surface area contributed by atoms with Gasteiger partial charge in [-0.2, -0.15) is 5.10 Å². The van der Waals surface area contributed by atoms with Crippen LogP contribution < -0.4 is 0 Å². The van der Waals surface area contributed by atoms with Gasteiger partial charge in [-0.3, -0.25) is 9.48 Å². The van der Waals surface area contributed by atoms with Crippen molar-refractivity contribution >= 4 is 5.91 Å². The Hall–Kier alpha value is -2.89. The zero-order chi connectivity index (χ0) is 17.2. The zero-order valence-corrected chi connectivity index (χ0v) is 14.1. The summed E-state index contributed by atoms with van der Waals surface area (Å²) in [6.45, 7) is 3.39. The first-order chi connectivity index (χ1) is 12.2. The van der Waals surface area contributed by atoms with Crippen LogP contribution in [-0.4, -0.2) is 38.2 Å². The molecule has 0 aromatic carbocycles. The van der Waals surface area contributed by atoms with Crippen LogP contribution in [0.25, 0.3) is 11.5 Å². The second-order valence-electron chi connectivity index (χ2n) is 6.33. The number of pyridine rings is 1. The predicted octanol–water partition coefficient (Wildman–Crippen LogP) is 3.15. The molecule has 1 fully saturated rings. The Morgan fingerprint density at radius 3 is 2.96 bits per heavy atom. The highest BCUT2D eigenvalue weighted by molar-refractivity contribution is 5.95. The molecule has 1 aliphatic heterocycles. The highest BCUT2D eigenvalue weighted by atomic mass is 16.3. The molecule has 0 aliphatic carbocycles. The molecular formula is C19H20N4O2. The molecule has 0 bridgehead atoms. The maximum Gasteiger partial charge on any atom is 0.256 e. The molecule has 0 spiro atoms. The van der Waals surface area contributed by atoms with Gasteiger partial charge in [0.25, 0.3) is 5.91 Å². The number of rotatable bonds is 4. The number of amides is 1. The third kappa shape index (κ3) is 3.07. The quantitative estimate of drug-likeness (QED) is 0.734. The summed E-state index contributed by atoms with van der Waals surface area (Å²) in [7, 11) is 0. The topological polar surface area (TPSA) is 64.2 Å². The first kappa shape index (κ1) is 15.6. The molecule has 6 nitrogen and oxygen atoms in total. The van der Waals surface area contributed by atoms with Crippen molar-refractivity contribution in [2.75, 3.05) is 6.54 Å². The van der Waals surface area contributed by atoms with E-state index >= 15 is 0 Å². The molecule has 1 amide bonds. The smallest absolute Gasteiger partial charge is 0.256 e. The number of furan rings is 1. The summed E-state index contributed by atoms with van der Waals surface area (Å²) in [5.74, 6) is 0.755. The van der Waals surface area contributed by atoms with Crippen molar-refractivity contribution in [3.05, 3.63) is 60.2 Å². The standard InChI is InChI=1S/C19H20N4O2/c1-14-16(7-8-17(21-14)18-6-3-12-25-18)19(24)23-11-2-5-15(23)13-22-10-4-9-20-22/h3-4,6-10,12,15H,2,5,11,13H2,1H3/t15-/m1/s1. The first-order valence-corrected chi connectivity index (χ1v) is 8.52. The van der Waals surface area contributed by atoms with Crippen molar-refractivity contribution < 1.29 is 9.21 Å². The number of carbonyl (C=O) groups excluding carboxylic acids is 1. The molecule has 0 N–H and O–H groups in total. The van der Waals surface area contributed by atoms with Crippen LogP contribution in [0.1, 0.15) is 28.9 Å². The number of nitrogens with zero attached hydrogens (tertiary/aromatic N) is 4. The lowest BCUT2D eigenvalue weighted by molar-refractivity contribution is 0.0720. The summed E-state index contributed by atoms with van der Waals surface area (Å²) in [6, 6.07) is 9.47. The normalized spacial score (nSPS) is 17.2. The second kappa shape index (κ2) is 6.55. The highest BCUT2D eigenvalue weighted by Crippen LogP contribution is 2.24. The summed E-state index contributed by atoms with van der Waals surface area (Å²) in [6.07, 6.45) is 7.35. The molecule has 0 radical (unpaired) electrons. The van der Waals surface area contributed by atoms with Gasteiger partial charge in [0.05, 0.1) is 30.1 Å². The number of aryl methyl sites for hydroxylation is 1. The minimum absolute atomic E-state index is 0.0469. The minimum atomic E-state index is 0.0469. The Morgan fingerprint density at radius 1 is 1.32 bits per heavy atom. The maximum absolute atomic E-state index is 13.0. The van der Waals surface area contributed by atoms with Crippen LogP contribution in [-0.2, 0) is 6.54 Å². The van der Waals surface area contributed by atoms with Crippen LogP contribution in [0.3, 0.4) is 0 Å². The predicted molar refractivity (Wildman–Crippen MR) is 93.0 cm³/mol. The van der Waals surface area contributed by atoms with Crippen LogP contribution in [0.5, 0.6) is 0 Å². The van der Waals surface area contributed by atoms with Gasteiger partial charge >= 0.3 is 0 Å². The molecule has 6 heteroatoms. The van der Waals surface area contributed by atoms with Gasteiger partial charge in [0.15, 0.2) is 5.76 Å². The van der Waals surface area contributed by atoms with Crippen molar-refractivity contribution in [1.29, 1.82) is 0 Å². The van der Waals surface area contributed by atoms with Gasteiger partial charge < -0.3 is 9.32 Å². The average Bonchev–Trinajstić information content (AvgIpc) is 3.37. The Labute approximate surface area is 146 Å². The molecule has 1 saturated heterocycles. The summed E-state index contributed by atoms with van der Waals surface area (Å²) in [4.78, 5) is 19.5. The largest absolute Gasteiger partial charge is 0.463 e. The van der Waals surface area contributed by atoms with Gasteiger partial charge in [-0.1, -0.05) is 0 Å². The average molecular weight is 336 g/mol. The summed E-state index contributed by atoms with van der Waals surface area (Å²) < 4.78 is 7.27. The summed E-state index contributed by atoms with van der Waals surface area (Å²) >= 11 is 0. The van der Waals surface area contributed by atoms with Gasteiger partial charge in [0.2, 0.25) is 0 Å². The number of hydrogen-bond donors (Lipinski definition) is 0. The fourth-order valence-electron chi connectivity index (χ4n) is 3.42. The Balaban J connectivity index is 1.55. The molecule has 25 heavy (non-hydrogen) atoms. The molecule has 0 unspecified atom stereocenters. The number of likely N-dealkylation sites (tertiary alicyclic amines) is 1. The van der Waals surface area contributed by atoms with E-state index in [1.165, 1.54) is 0 Å². The van der Waals surface area contributed by atoms with Crippen LogP contribution in [0.15, 0.2) is 53.4 Å². The van der Waals surface area contributed by atoms with Gasteiger partial charge in [0, 0.05) is 18.9 Å². The van der Waals surface area contributed by atoms with Crippen LogP contribution in [0, 0.1) is 6.92 Å². The molecule has 0 saturated carbocycles. The van der Waals surface area contributed by atoms with Gasteiger partial charge in [-0.15, -0.1) is 0 Å². The number of aromatic nitrogens is 3. The van der Waals surface area contributed by atoms with E-state index in [1.54, 1.807) is 12.5 Å². The lowest BCUT2D eigenvalue weighted by Crippen LogP contribution is -2.38. The van der Waals surface area contributed by atoms with E-state index in [1.807, 2.05) is 53.0 Å². The lowest BCUT2D eigenvalue weighted by Gasteiger charge is -2.25. The van der Waals surface area contributed by atoms with E-state index in [0.717, 1.165) is 37.3 Å². The van der Waals surface area contributed by atoms with Gasteiger partial charge in [-0.25, -0.2) is 4.98 Å². The summed E-state index contributed by atoms with van der Waals surface area (Å²) in [5.41, 5.74) is 2.12. The molecule has 4 rings (SSSR count). The van der Waals surface area contributed by atoms with E-state index in [9.17, 15) is 4.79 Å². The van der Waals surface area contributed by atoms with Crippen LogP contribution in [0.2, 0.25) is 0 Å². The van der Waals surface area contributed by atoms with Crippen molar-refractivity contribution in [2.24, 2.45) is 0 Å². The fraction of sp³-hybridized carbons (Fsp3) is 0.316. The Morgan fingerprint density at radius 2 is 2.24 bits per heavy atom. The van der Waals surface area contributed by atoms with E-state index < -0.39 is 0 Å².